The van der Waals surface area contributed by atoms with Crippen LogP contribution in [0.1, 0.15) is 39.3 Å². The number of hydrogen-bond donors (Lipinski definition) is 1. The summed E-state index contributed by atoms with van der Waals surface area (Å²) in [6.45, 7) is 1.42. The Morgan fingerprint density at radius 3 is 2.54 bits per heavy atom. The van der Waals surface area contributed by atoms with Gasteiger partial charge in [-0.2, -0.15) is 13.2 Å². The van der Waals surface area contributed by atoms with Crippen LogP contribution in [-0.4, -0.2) is 16.9 Å². The van der Waals surface area contributed by atoms with E-state index in [-0.39, 0.29) is 23.2 Å². The second kappa shape index (κ2) is 6.26. The molecule has 0 aliphatic heterocycles. The molecule has 0 radical (unpaired) electrons. The summed E-state index contributed by atoms with van der Waals surface area (Å²) < 4.78 is 38.0. The minimum Gasteiger partial charge on any atom is -0.349 e. The van der Waals surface area contributed by atoms with Crippen LogP contribution in [-0.2, 0) is 19.0 Å². The second-order valence-electron chi connectivity index (χ2n) is 6.01. The Balaban J connectivity index is 1.72. The van der Waals surface area contributed by atoms with Gasteiger partial charge < -0.3 is 5.32 Å². The van der Waals surface area contributed by atoms with Crippen LogP contribution in [0, 0.1) is 6.92 Å². The maximum Gasteiger partial charge on any atom is 0.433 e. The lowest BCUT2D eigenvalue weighted by atomic mass is 9.88. The third-order valence-electron chi connectivity index (χ3n) is 4.30. The molecule has 1 aromatic carbocycles. The van der Waals surface area contributed by atoms with E-state index in [0.717, 1.165) is 25.3 Å². The Labute approximate surface area is 137 Å². The number of carbonyl (C=O) groups excluding carboxylic acids is 1. The summed E-state index contributed by atoms with van der Waals surface area (Å²) in [5.74, 6) is -0.377. The molecule has 126 valence electrons. The summed E-state index contributed by atoms with van der Waals surface area (Å²) in [5.41, 5.74) is 1.77. The molecule has 0 fully saturated rings. The zero-order valence-electron chi connectivity index (χ0n) is 13.2. The molecule has 24 heavy (non-hydrogen) atoms. The van der Waals surface area contributed by atoms with E-state index in [1.54, 1.807) is 0 Å². The highest BCUT2D eigenvalue weighted by atomic mass is 19.4. The quantitative estimate of drug-likeness (QED) is 0.910. The topological polar surface area (TPSA) is 42.0 Å². The van der Waals surface area contributed by atoms with Crippen molar-refractivity contribution < 1.29 is 18.0 Å². The number of carbonyl (C=O) groups is 1. The van der Waals surface area contributed by atoms with E-state index in [2.05, 4.69) is 16.4 Å². The number of fused-ring (bicyclic) bond motifs is 1. The van der Waals surface area contributed by atoms with E-state index in [1.165, 1.54) is 24.1 Å². The van der Waals surface area contributed by atoms with Crippen molar-refractivity contribution in [2.45, 2.75) is 38.4 Å². The van der Waals surface area contributed by atoms with Gasteiger partial charge in [0.25, 0.3) is 5.91 Å². The van der Waals surface area contributed by atoms with E-state index in [0.29, 0.717) is 0 Å². The highest BCUT2D eigenvalue weighted by molar-refractivity contribution is 5.95. The van der Waals surface area contributed by atoms with Crippen LogP contribution < -0.4 is 5.32 Å². The number of nitrogens with zero attached hydrogens (tertiary/aromatic N) is 1. The van der Waals surface area contributed by atoms with E-state index < -0.39 is 11.9 Å². The molecule has 2 aromatic rings. The lowest BCUT2D eigenvalue weighted by Gasteiger charge is -2.25. The van der Waals surface area contributed by atoms with Gasteiger partial charge in [-0.25, -0.2) is 4.98 Å². The second-order valence-corrected chi connectivity index (χ2v) is 6.01. The van der Waals surface area contributed by atoms with Crippen molar-refractivity contribution in [1.82, 2.24) is 10.3 Å². The van der Waals surface area contributed by atoms with E-state index in [1.807, 2.05) is 18.2 Å². The standard InChI is InChI=1S/C18H17F3N2O/c1-11-15(8-9-16(22-11)18(19,20)21)17(24)23-14-7-6-12-4-2-3-5-13(12)10-14/h2-5,8-9,14H,6-7,10H2,1H3,(H,23,24)/t14-/m0/s1. The van der Waals surface area contributed by atoms with Crippen LogP contribution in [0.3, 0.4) is 0 Å². The highest BCUT2D eigenvalue weighted by Gasteiger charge is 2.33. The van der Waals surface area contributed by atoms with Crippen LogP contribution in [0.5, 0.6) is 0 Å². The van der Waals surface area contributed by atoms with Crippen molar-refractivity contribution in [3.63, 3.8) is 0 Å². The van der Waals surface area contributed by atoms with Gasteiger partial charge in [0.1, 0.15) is 5.69 Å². The molecule has 1 aliphatic rings. The molecule has 1 aromatic heterocycles. The average Bonchev–Trinajstić information content (AvgIpc) is 2.53. The van der Waals surface area contributed by atoms with Gasteiger partial charge in [-0.1, -0.05) is 24.3 Å². The van der Waals surface area contributed by atoms with Crippen molar-refractivity contribution in [2.24, 2.45) is 0 Å². The first-order chi connectivity index (χ1) is 11.3. The van der Waals surface area contributed by atoms with Crippen LogP contribution in [0.4, 0.5) is 13.2 Å². The summed E-state index contributed by atoms with van der Waals surface area (Å²) in [6, 6.07) is 10.1. The molecule has 6 heteroatoms. The summed E-state index contributed by atoms with van der Waals surface area (Å²) in [6.07, 6.45) is -2.08. The fourth-order valence-electron chi connectivity index (χ4n) is 3.04. The van der Waals surface area contributed by atoms with E-state index in [9.17, 15) is 18.0 Å². The molecule has 1 atom stereocenters. The molecule has 0 bridgehead atoms. The van der Waals surface area contributed by atoms with Gasteiger partial charge >= 0.3 is 6.18 Å². The smallest absolute Gasteiger partial charge is 0.349 e. The molecule has 3 nitrogen and oxygen atoms in total. The summed E-state index contributed by atoms with van der Waals surface area (Å²) in [4.78, 5) is 15.9. The Bertz CT molecular complexity index is 771. The molecule has 1 aliphatic carbocycles. The molecule has 0 saturated carbocycles. The van der Waals surface area contributed by atoms with Crippen LogP contribution in [0.2, 0.25) is 0 Å². The highest BCUT2D eigenvalue weighted by Crippen LogP contribution is 2.28. The van der Waals surface area contributed by atoms with Gasteiger partial charge in [-0.05, 0) is 49.4 Å². The van der Waals surface area contributed by atoms with Crippen LogP contribution >= 0.6 is 0 Å². The molecule has 0 spiro atoms. The molecule has 0 saturated heterocycles. The SMILES string of the molecule is Cc1nc(C(F)(F)F)ccc1C(=O)N[C@H]1CCc2ccccc2C1. The molecule has 3 rings (SSSR count). The van der Waals surface area contributed by atoms with Gasteiger partial charge in [-0.15, -0.1) is 0 Å². The van der Waals surface area contributed by atoms with Gasteiger partial charge in [0, 0.05) is 6.04 Å². The number of amides is 1. The molecule has 0 unspecified atom stereocenters. The number of aryl methyl sites for hydroxylation is 2. The maximum absolute atomic E-state index is 12.7. The van der Waals surface area contributed by atoms with Crippen molar-refractivity contribution in [3.8, 4) is 0 Å². The lowest BCUT2D eigenvalue weighted by Crippen LogP contribution is -2.39. The lowest BCUT2D eigenvalue weighted by molar-refractivity contribution is -0.141. The fraction of sp³-hybridized carbons (Fsp3) is 0.333. The third-order valence-corrected chi connectivity index (χ3v) is 4.30. The van der Waals surface area contributed by atoms with Crippen LogP contribution in [0.25, 0.3) is 0 Å². The molecule has 1 N–H and O–H groups in total. The summed E-state index contributed by atoms with van der Waals surface area (Å²) in [5, 5.41) is 2.91. The number of benzene rings is 1. The average molecular weight is 334 g/mol. The Morgan fingerprint density at radius 1 is 1.17 bits per heavy atom. The van der Waals surface area contributed by atoms with Crippen LogP contribution in [0.15, 0.2) is 36.4 Å². The summed E-state index contributed by atoms with van der Waals surface area (Å²) in [7, 11) is 0. The van der Waals surface area contributed by atoms with E-state index in [4.69, 9.17) is 0 Å². The molecule has 1 heterocycles. The first-order valence-electron chi connectivity index (χ1n) is 7.77. The molecular formula is C18H17F3N2O. The van der Waals surface area contributed by atoms with Gasteiger partial charge in [0.2, 0.25) is 0 Å². The monoisotopic (exact) mass is 334 g/mol. The van der Waals surface area contributed by atoms with E-state index >= 15 is 0 Å². The third kappa shape index (κ3) is 3.42. The predicted octanol–water partition coefficient (Wildman–Crippen LogP) is 3.70. The number of nitrogens with one attached hydrogen (secondary N) is 1. The Morgan fingerprint density at radius 2 is 1.88 bits per heavy atom. The number of aromatic nitrogens is 1. The number of rotatable bonds is 2. The first-order valence-corrected chi connectivity index (χ1v) is 7.77. The number of halogens is 3. The van der Waals surface area contributed by atoms with Gasteiger partial charge in [0.05, 0.1) is 11.3 Å². The Kier molecular flexibility index (Phi) is 4.30. The first kappa shape index (κ1) is 16.5. The van der Waals surface area contributed by atoms with Crippen molar-refractivity contribution in [3.05, 3.63) is 64.5 Å². The van der Waals surface area contributed by atoms with Crippen molar-refractivity contribution in [1.29, 1.82) is 0 Å². The van der Waals surface area contributed by atoms with Gasteiger partial charge in [0.15, 0.2) is 0 Å². The predicted molar refractivity (Wildman–Crippen MR) is 83.7 cm³/mol. The number of hydrogen-bond acceptors (Lipinski definition) is 2. The summed E-state index contributed by atoms with van der Waals surface area (Å²) >= 11 is 0. The molecular weight excluding hydrogens is 317 g/mol. The minimum absolute atomic E-state index is 0.0194. The zero-order valence-corrected chi connectivity index (χ0v) is 13.2. The maximum atomic E-state index is 12.7. The minimum atomic E-state index is -4.51. The van der Waals surface area contributed by atoms with Crippen molar-refractivity contribution >= 4 is 5.91 Å². The van der Waals surface area contributed by atoms with Crippen molar-refractivity contribution in [2.75, 3.05) is 0 Å². The normalized spacial score (nSPS) is 17.2. The number of alkyl halides is 3. The largest absolute Gasteiger partial charge is 0.433 e. The fourth-order valence-corrected chi connectivity index (χ4v) is 3.04. The number of pyridine rings is 1. The Hall–Kier alpha value is -2.37. The zero-order chi connectivity index (χ0) is 17.3. The molecule has 1 amide bonds. The van der Waals surface area contributed by atoms with Gasteiger partial charge in [-0.3, -0.25) is 4.79 Å².